The van der Waals surface area contributed by atoms with Gasteiger partial charge in [-0.3, -0.25) is 5.10 Å². The summed E-state index contributed by atoms with van der Waals surface area (Å²) in [5, 5.41) is 19.7. The van der Waals surface area contributed by atoms with Crippen molar-refractivity contribution in [2.75, 3.05) is 14.2 Å². The minimum Gasteiger partial charge on any atom is -0.497 e. The van der Waals surface area contributed by atoms with Crippen LogP contribution in [-0.4, -0.2) is 24.4 Å². The average molecular weight is 424 g/mol. The predicted octanol–water partition coefficient (Wildman–Crippen LogP) is 4.47. The molecule has 0 fully saturated rings. The van der Waals surface area contributed by atoms with Crippen LogP contribution in [0.1, 0.15) is 17.0 Å². The number of hydrogen-bond donors (Lipinski definition) is 2. The van der Waals surface area contributed by atoms with E-state index in [1.165, 1.54) is 0 Å². The predicted molar refractivity (Wildman–Crippen MR) is 120 cm³/mol. The van der Waals surface area contributed by atoms with Crippen LogP contribution in [0.25, 0.3) is 22.0 Å². The van der Waals surface area contributed by atoms with Gasteiger partial charge in [0.05, 0.1) is 31.4 Å². The Bertz CT molecular complexity index is 1410. The molecule has 0 unspecified atom stereocenters. The molecule has 158 valence electrons. The van der Waals surface area contributed by atoms with Gasteiger partial charge >= 0.3 is 0 Å². The van der Waals surface area contributed by atoms with Crippen LogP contribution in [-0.2, 0) is 0 Å². The molecule has 5 rings (SSSR count). The summed E-state index contributed by atoms with van der Waals surface area (Å²) in [4.78, 5) is 0. The second kappa shape index (κ2) is 7.67. The summed E-state index contributed by atoms with van der Waals surface area (Å²) in [5.74, 6) is 1.05. The fourth-order valence-electron chi connectivity index (χ4n) is 4.19. The Kier molecular flexibility index (Phi) is 4.68. The Morgan fingerprint density at radius 1 is 1.03 bits per heavy atom. The molecule has 0 aliphatic carbocycles. The van der Waals surface area contributed by atoms with Crippen molar-refractivity contribution in [3.05, 3.63) is 83.2 Å². The summed E-state index contributed by atoms with van der Waals surface area (Å²) < 4.78 is 16.8. The number of hydrogen-bond acceptors (Lipinski definition) is 6. The van der Waals surface area contributed by atoms with Gasteiger partial charge in [0, 0.05) is 11.1 Å². The standard InChI is InChI=1S/C25H20N4O3/c1-30-17-9-10-20(31-2)18(12-17)21-19(13-26)24(27)32-25-22(21)23(28-29-25)16-8-7-14-5-3-4-6-15(14)11-16/h3-12,21H,27H2,1-2H3,(H,28,29)/t21-/m1/s1. The molecule has 0 bridgehead atoms. The highest BCUT2D eigenvalue weighted by Gasteiger charge is 2.37. The first-order valence-corrected chi connectivity index (χ1v) is 10.0. The van der Waals surface area contributed by atoms with Crippen LogP contribution in [0.4, 0.5) is 0 Å². The molecule has 3 N–H and O–H groups in total. The highest BCUT2D eigenvalue weighted by atomic mass is 16.5. The number of benzene rings is 3. The minimum absolute atomic E-state index is 0.0198. The van der Waals surface area contributed by atoms with Crippen LogP contribution in [0.5, 0.6) is 17.4 Å². The van der Waals surface area contributed by atoms with Gasteiger partial charge in [0.2, 0.25) is 11.8 Å². The maximum absolute atomic E-state index is 9.98. The summed E-state index contributed by atoms with van der Waals surface area (Å²) in [6.07, 6.45) is 0. The second-order valence-electron chi connectivity index (χ2n) is 7.41. The van der Waals surface area contributed by atoms with E-state index in [9.17, 15) is 5.26 Å². The van der Waals surface area contributed by atoms with Gasteiger partial charge in [-0.1, -0.05) is 36.4 Å². The first-order valence-electron chi connectivity index (χ1n) is 10.0. The summed E-state index contributed by atoms with van der Waals surface area (Å²) in [6.45, 7) is 0. The Balaban J connectivity index is 1.76. The number of allylic oxidation sites excluding steroid dienone is 1. The largest absolute Gasteiger partial charge is 0.497 e. The van der Waals surface area contributed by atoms with Gasteiger partial charge in [-0.2, -0.15) is 5.26 Å². The third-order valence-electron chi connectivity index (χ3n) is 5.72. The number of H-pyrrole nitrogens is 1. The molecule has 1 aromatic heterocycles. The fraction of sp³-hybridized carbons (Fsp3) is 0.120. The normalized spacial score (nSPS) is 15.1. The van der Waals surface area contributed by atoms with E-state index in [2.05, 4.69) is 40.5 Å². The molecule has 0 radical (unpaired) electrons. The zero-order valence-electron chi connectivity index (χ0n) is 17.5. The molecule has 7 nitrogen and oxygen atoms in total. The zero-order chi connectivity index (χ0) is 22.2. The topological polar surface area (TPSA) is 106 Å². The van der Waals surface area contributed by atoms with Crippen molar-refractivity contribution in [2.24, 2.45) is 5.73 Å². The molecule has 0 saturated heterocycles. The average Bonchev–Trinajstić information content (AvgIpc) is 3.25. The molecule has 4 aromatic rings. The van der Waals surface area contributed by atoms with Crippen LogP contribution in [0.3, 0.4) is 0 Å². The fourth-order valence-corrected chi connectivity index (χ4v) is 4.19. The van der Waals surface area contributed by atoms with Gasteiger partial charge in [0.15, 0.2) is 0 Å². The van der Waals surface area contributed by atoms with E-state index in [1.54, 1.807) is 20.3 Å². The monoisotopic (exact) mass is 424 g/mol. The number of methoxy groups -OCH3 is 2. The summed E-state index contributed by atoms with van der Waals surface area (Å²) in [7, 11) is 3.18. The molecule has 0 saturated carbocycles. The van der Waals surface area contributed by atoms with Crippen molar-refractivity contribution in [1.29, 1.82) is 5.26 Å². The number of nitriles is 1. The molecule has 1 aliphatic heterocycles. The summed E-state index contributed by atoms with van der Waals surface area (Å²) in [6, 6.07) is 22.0. The maximum Gasteiger partial charge on any atom is 0.244 e. The van der Waals surface area contributed by atoms with E-state index in [0.717, 1.165) is 33.2 Å². The third-order valence-corrected chi connectivity index (χ3v) is 5.72. The van der Waals surface area contributed by atoms with Gasteiger partial charge in [0.25, 0.3) is 0 Å². The van der Waals surface area contributed by atoms with Crippen LogP contribution < -0.4 is 19.9 Å². The second-order valence-corrected chi connectivity index (χ2v) is 7.41. The molecule has 7 heteroatoms. The first-order chi connectivity index (χ1) is 15.6. The summed E-state index contributed by atoms with van der Waals surface area (Å²) >= 11 is 0. The quantitative estimate of drug-likeness (QED) is 0.501. The maximum atomic E-state index is 9.98. The molecular weight excluding hydrogens is 404 g/mol. The highest BCUT2D eigenvalue weighted by molar-refractivity contribution is 5.87. The smallest absolute Gasteiger partial charge is 0.244 e. The van der Waals surface area contributed by atoms with Crippen molar-refractivity contribution in [1.82, 2.24) is 10.2 Å². The number of aromatic amines is 1. The molecule has 1 aliphatic rings. The van der Waals surface area contributed by atoms with E-state index < -0.39 is 5.92 Å². The molecule has 0 amide bonds. The Hall–Kier alpha value is -4.44. The lowest BCUT2D eigenvalue weighted by atomic mass is 9.82. The minimum atomic E-state index is -0.547. The Morgan fingerprint density at radius 3 is 2.59 bits per heavy atom. The number of fused-ring (bicyclic) bond motifs is 2. The molecule has 1 atom stereocenters. The van der Waals surface area contributed by atoms with E-state index in [0.29, 0.717) is 17.4 Å². The molecule has 0 spiro atoms. The SMILES string of the molecule is COc1ccc(OC)c([C@@H]2C(C#N)=C(N)Oc3n[nH]c(-c4ccc5ccccc5c4)c32)c1. The Labute approximate surface area is 184 Å². The number of nitrogens with zero attached hydrogens (tertiary/aromatic N) is 2. The highest BCUT2D eigenvalue weighted by Crippen LogP contribution is 2.48. The lowest BCUT2D eigenvalue weighted by Gasteiger charge is -2.25. The lowest BCUT2D eigenvalue weighted by molar-refractivity contribution is 0.373. The van der Waals surface area contributed by atoms with Crippen molar-refractivity contribution in [3.63, 3.8) is 0 Å². The van der Waals surface area contributed by atoms with Gasteiger partial charge < -0.3 is 19.9 Å². The van der Waals surface area contributed by atoms with Crippen molar-refractivity contribution in [2.45, 2.75) is 5.92 Å². The zero-order valence-corrected chi connectivity index (χ0v) is 17.5. The molecule has 3 aromatic carbocycles. The Morgan fingerprint density at radius 2 is 1.84 bits per heavy atom. The van der Waals surface area contributed by atoms with E-state index >= 15 is 0 Å². The molecule has 32 heavy (non-hydrogen) atoms. The molecule has 2 heterocycles. The van der Waals surface area contributed by atoms with Gasteiger partial charge in [-0.05, 0) is 35.0 Å². The van der Waals surface area contributed by atoms with Crippen LogP contribution >= 0.6 is 0 Å². The van der Waals surface area contributed by atoms with Crippen molar-refractivity contribution < 1.29 is 14.2 Å². The number of aromatic nitrogens is 2. The molecular formula is C25H20N4O3. The van der Waals surface area contributed by atoms with Crippen molar-refractivity contribution in [3.8, 4) is 34.7 Å². The van der Waals surface area contributed by atoms with Crippen LogP contribution in [0.2, 0.25) is 0 Å². The van der Waals surface area contributed by atoms with E-state index in [-0.39, 0.29) is 11.5 Å². The number of ether oxygens (including phenoxy) is 3. The number of nitrogens with one attached hydrogen (secondary N) is 1. The van der Waals surface area contributed by atoms with Crippen molar-refractivity contribution >= 4 is 10.8 Å². The summed E-state index contributed by atoms with van der Waals surface area (Å²) in [5.41, 5.74) is 9.54. The van der Waals surface area contributed by atoms with Gasteiger partial charge in [-0.15, -0.1) is 5.10 Å². The van der Waals surface area contributed by atoms with Gasteiger partial charge in [-0.25, -0.2) is 0 Å². The van der Waals surface area contributed by atoms with Gasteiger partial charge in [0.1, 0.15) is 23.1 Å². The number of rotatable bonds is 4. The van der Waals surface area contributed by atoms with Crippen LogP contribution in [0.15, 0.2) is 72.1 Å². The third kappa shape index (κ3) is 3.01. The first kappa shape index (κ1) is 19.5. The number of nitrogens with two attached hydrogens (primary N) is 1. The van der Waals surface area contributed by atoms with Crippen LogP contribution in [0, 0.1) is 11.3 Å². The van der Waals surface area contributed by atoms with E-state index in [1.807, 2.05) is 30.3 Å². The van der Waals surface area contributed by atoms with E-state index in [4.69, 9.17) is 19.9 Å². The lowest BCUT2D eigenvalue weighted by Crippen LogP contribution is -2.21.